The van der Waals surface area contributed by atoms with Gasteiger partial charge in [-0.05, 0) is 65.0 Å². The number of amides is 1. The number of benzene rings is 3. The molecule has 0 fully saturated rings. The second-order valence-corrected chi connectivity index (χ2v) is 28.8. The van der Waals surface area contributed by atoms with Crippen molar-refractivity contribution in [3.8, 4) is 28.4 Å². The lowest BCUT2D eigenvalue weighted by Crippen LogP contribution is -2.34. The van der Waals surface area contributed by atoms with Crippen molar-refractivity contribution in [2.24, 2.45) is 0 Å². The SMILES string of the molecule is CCc1cc(OCc2ccccc2)c(F)cc1-c1ccc2c(-c3nc4c(n3COCC[Si](C)(C)C)CN(CC(=O)N(C)C)C4)nn(COCC[Si](C)(C)C)c2c1. The zero-order chi connectivity index (χ0) is 40.2. The summed E-state index contributed by atoms with van der Waals surface area (Å²) in [6.45, 7) is 19.9. The number of imidazole rings is 1. The summed E-state index contributed by atoms with van der Waals surface area (Å²) in [7, 11) is 0.958. The first-order valence-corrected chi connectivity index (χ1v) is 27.2. The highest BCUT2D eigenvalue weighted by molar-refractivity contribution is 6.76. The van der Waals surface area contributed by atoms with Gasteiger partial charge in [0.05, 0.1) is 23.4 Å². The molecular weight excluding hydrogens is 740 g/mol. The summed E-state index contributed by atoms with van der Waals surface area (Å²) in [5, 5.41) is 6.12. The summed E-state index contributed by atoms with van der Waals surface area (Å²) in [6, 6.07) is 21.5. The van der Waals surface area contributed by atoms with Crippen LogP contribution in [-0.4, -0.2) is 85.0 Å². The molecule has 0 radical (unpaired) electrons. The summed E-state index contributed by atoms with van der Waals surface area (Å²) in [4.78, 5) is 21.6. The molecule has 300 valence electrons. The molecule has 56 heavy (non-hydrogen) atoms. The lowest BCUT2D eigenvalue weighted by molar-refractivity contribution is -0.130. The van der Waals surface area contributed by atoms with E-state index in [4.69, 9.17) is 24.3 Å². The molecule has 0 atom stereocenters. The normalized spacial score (nSPS) is 13.5. The quantitative estimate of drug-likeness (QED) is 0.0647. The van der Waals surface area contributed by atoms with E-state index in [2.05, 4.69) is 67.8 Å². The molecule has 10 nitrogen and oxygen atoms in total. The molecule has 1 aliphatic heterocycles. The summed E-state index contributed by atoms with van der Waals surface area (Å²) >= 11 is 0. The number of hydrogen-bond donors (Lipinski definition) is 0. The fraction of sp³-hybridized carbons (Fsp3) is 0.465. The van der Waals surface area contributed by atoms with E-state index in [1.807, 2.05) is 47.1 Å². The molecule has 1 aliphatic rings. The number of rotatable bonds is 18. The maximum Gasteiger partial charge on any atom is 0.236 e. The monoisotopic (exact) mass is 798 g/mol. The average molecular weight is 799 g/mol. The Kier molecular flexibility index (Phi) is 13.0. The van der Waals surface area contributed by atoms with Crippen molar-refractivity contribution in [3.63, 3.8) is 0 Å². The van der Waals surface area contributed by atoms with E-state index in [0.717, 1.165) is 68.2 Å². The van der Waals surface area contributed by atoms with Gasteiger partial charge in [0.2, 0.25) is 5.91 Å². The largest absolute Gasteiger partial charge is 0.486 e. The van der Waals surface area contributed by atoms with E-state index in [1.54, 1.807) is 25.1 Å². The van der Waals surface area contributed by atoms with E-state index in [9.17, 15) is 4.79 Å². The first kappa shape index (κ1) is 41.5. The number of carbonyl (C=O) groups is 1. The Morgan fingerprint density at radius 3 is 2.25 bits per heavy atom. The number of nitrogens with zero attached hydrogens (tertiary/aromatic N) is 6. The summed E-state index contributed by atoms with van der Waals surface area (Å²) in [5.41, 5.74) is 7.28. The Bertz CT molecular complexity index is 2140. The van der Waals surface area contributed by atoms with Crippen LogP contribution in [0.4, 0.5) is 4.39 Å². The van der Waals surface area contributed by atoms with E-state index < -0.39 is 22.0 Å². The molecule has 0 spiro atoms. The standard InChI is InChI=1S/C43H59FN6O4Si2/c1-10-32-23-40(54-28-31-14-12-11-13-15-31)36(44)24-35(32)33-16-17-34-38(22-33)50(30-53-19-21-56(7,8)9)46-42(34)43-45-37-25-48(27-41(51)47(2)3)26-39(37)49(43)29-52-18-20-55(4,5)6/h11-17,22-24H,10,18-21,25-30H2,1-9H3. The van der Waals surface area contributed by atoms with Gasteiger partial charge in [-0.2, -0.15) is 5.10 Å². The third kappa shape index (κ3) is 10.2. The molecule has 5 aromatic rings. The highest BCUT2D eigenvalue weighted by Crippen LogP contribution is 2.37. The van der Waals surface area contributed by atoms with Crippen LogP contribution >= 0.6 is 0 Å². The zero-order valence-corrected chi connectivity index (χ0v) is 36.7. The fourth-order valence-corrected chi connectivity index (χ4v) is 8.27. The number of aromatic nitrogens is 4. The van der Waals surface area contributed by atoms with Crippen LogP contribution in [0.5, 0.6) is 5.75 Å². The van der Waals surface area contributed by atoms with Crippen molar-refractivity contribution in [1.29, 1.82) is 0 Å². The minimum atomic E-state index is -1.31. The Morgan fingerprint density at radius 2 is 1.59 bits per heavy atom. The molecule has 0 saturated carbocycles. The van der Waals surface area contributed by atoms with Gasteiger partial charge in [0.15, 0.2) is 17.4 Å². The van der Waals surface area contributed by atoms with Crippen molar-refractivity contribution in [2.45, 2.75) is 97.9 Å². The number of halogens is 1. The molecule has 6 rings (SSSR count). The van der Waals surface area contributed by atoms with Crippen LogP contribution in [0.1, 0.15) is 29.4 Å². The minimum Gasteiger partial charge on any atom is -0.486 e. The molecule has 0 bridgehead atoms. The van der Waals surface area contributed by atoms with Gasteiger partial charge in [0.1, 0.15) is 25.8 Å². The number of carbonyl (C=O) groups excluding carboxylic acids is 1. The second-order valence-electron chi connectivity index (χ2n) is 17.5. The van der Waals surface area contributed by atoms with Gasteiger partial charge in [-0.15, -0.1) is 0 Å². The van der Waals surface area contributed by atoms with Gasteiger partial charge in [0, 0.05) is 61.9 Å². The number of aryl methyl sites for hydroxylation is 1. The molecule has 0 aliphatic carbocycles. The van der Waals surface area contributed by atoms with Crippen molar-refractivity contribution >= 4 is 33.0 Å². The molecule has 3 heterocycles. The predicted molar refractivity (Wildman–Crippen MR) is 228 cm³/mol. The fourth-order valence-electron chi connectivity index (χ4n) is 6.75. The smallest absolute Gasteiger partial charge is 0.236 e. The predicted octanol–water partition coefficient (Wildman–Crippen LogP) is 8.88. The topological polar surface area (TPSA) is 86.9 Å². The molecule has 1 amide bonds. The Morgan fingerprint density at radius 1 is 0.893 bits per heavy atom. The Balaban J connectivity index is 1.38. The lowest BCUT2D eigenvalue weighted by atomic mass is 9.96. The van der Waals surface area contributed by atoms with E-state index in [-0.39, 0.29) is 18.4 Å². The van der Waals surface area contributed by atoms with Gasteiger partial charge in [-0.25, -0.2) is 14.1 Å². The molecule has 13 heteroatoms. The van der Waals surface area contributed by atoms with Gasteiger partial charge in [0.25, 0.3) is 0 Å². The van der Waals surface area contributed by atoms with Crippen LogP contribution < -0.4 is 4.74 Å². The van der Waals surface area contributed by atoms with Crippen LogP contribution in [0.25, 0.3) is 33.5 Å². The highest BCUT2D eigenvalue weighted by Gasteiger charge is 2.31. The van der Waals surface area contributed by atoms with Gasteiger partial charge < -0.3 is 23.7 Å². The first-order chi connectivity index (χ1) is 26.6. The summed E-state index contributed by atoms with van der Waals surface area (Å²) in [6.07, 6.45) is 0.706. The van der Waals surface area contributed by atoms with Crippen molar-refractivity contribution in [3.05, 3.63) is 89.0 Å². The molecule has 2 aromatic heterocycles. The molecule has 3 aromatic carbocycles. The van der Waals surface area contributed by atoms with Crippen LogP contribution in [0.2, 0.25) is 51.4 Å². The summed E-state index contributed by atoms with van der Waals surface area (Å²) < 4.78 is 38.4. The van der Waals surface area contributed by atoms with Crippen molar-refractivity contribution < 1.29 is 23.4 Å². The maximum absolute atomic E-state index is 15.7. The molecular formula is C43H59FN6O4Si2. The molecule has 0 N–H and O–H groups in total. The Hall–Kier alpha value is -4.15. The van der Waals surface area contributed by atoms with E-state index >= 15 is 4.39 Å². The highest BCUT2D eigenvalue weighted by atomic mass is 28.3. The third-order valence-corrected chi connectivity index (χ3v) is 13.6. The minimum absolute atomic E-state index is 0.0587. The molecule has 0 unspecified atom stereocenters. The van der Waals surface area contributed by atoms with E-state index in [0.29, 0.717) is 52.6 Å². The number of likely N-dealkylation sites (N-methyl/N-ethyl adjacent to an activating group) is 1. The number of ether oxygens (including phenoxy) is 3. The summed E-state index contributed by atoms with van der Waals surface area (Å²) in [5.74, 6) is 0.642. The zero-order valence-electron chi connectivity index (χ0n) is 34.7. The van der Waals surface area contributed by atoms with Crippen LogP contribution in [0.3, 0.4) is 0 Å². The van der Waals surface area contributed by atoms with Gasteiger partial charge in [-0.1, -0.05) is 82.6 Å². The van der Waals surface area contributed by atoms with Crippen molar-refractivity contribution in [2.75, 3.05) is 33.9 Å². The first-order valence-electron chi connectivity index (χ1n) is 19.8. The number of fused-ring (bicyclic) bond motifs is 2. The van der Waals surface area contributed by atoms with Crippen LogP contribution in [0.15, 0.2) is 60.7 Å². The number of hydrogen-bond acceptors (Lipinski definition) is 7. The second kappa shape index (κ2) is 17.6. The van der Waals surface area contributed by atoms with Crippen molar-refractivity contribution in [1.82, 2.24) is 29.1 Å². The molecule has 0 saturated heterocycles. The Labute approximate surface area is 333 Å². The third-order valence-electron chi connectivity index (χ3n) is 10.2. The van der Waals surface area contributed by atoms with Gasteiger partial charge >= 0.3 is 0 Å². The van der Waals surface area contributed by atoms with Crippen LogP contribution in [0, 0.1) is 5.82 Å². The van der Waals surface area contributed by atoms with Crippen LogP contribution in [-0.2, 0) is 53.8 Å². The maximum atomic E-state index is 15.7. The average Bonchev–Trinajstić information content (AvgIpc) is 3.81. The van der Waals surface area contributed by atoms with E-state index in [1.165, 1.54) is 0 Å². The lowest BCUT2D eigenvalue weighted by Gasteiger charge is -2.19. The van der Waals surface area contributed by atoms with Gasteiger partial charge in [-0.3, -0.25) is 9.69 Å².